The quantitative estimate of drug-likeness (QED) is 0.547. The highest BCUT2D eigenvalue weighted by atomic mass is 35.5. The Hall–Kier alpha value is -2.86. The molecule has 1 N–H and O–H groups in total. The van der Waals surface area contributed by atoms with Gasteiger partial charge in [0.1, 0.15) is 5.76 Å². The van der Waals surface area contributed by atoms with Gasteiger partial charge in [-0.3, -0.25) is 9.48 Å². The smallest absolute Gasteiger partial charge is 0.274 e. The van der Waals surface area contributed by atoms with Crippen molar-refractivity contribution in [1.29, 1.82) is 0 Å². The highest BCUT2D eigenvalue weighted by molar-refractivity contribution is 6.31. The van der Waals surface area contributed by atoms with Crippen molar-refractivity contribution in [3.8, 4) is 0 Å². The predicted octanol–water partition coefficient (Wildman–Crippen LogP) is 3.87. The Morgan fingerprint density at radius 1 is 1.31 bits per heavy atom. The third kappa shape index (κ3) is 3.70. The normalized spacial score (nSPS) is 11.2. The van der Waals surface area contributed by atoms with Gasteiger partial charge in [0.05, 0.1) is 30.3 Å². The fourth-order valence-corrected chi connectivity index (χ4v) is 2.87. The van der Waals surface area contributed by atoms with E-state index in [1.165, 1.54) is 6.26 Å². The predicted molar refractivity (Wildman–Crippen MR) is 101 cm³/mol. The van der Waals surface area contributed by atoms with Crippen LogP contribution in [0.25, 0.3) is 0 Å². The number of aryl methyl sites for hydroxylation is 2. The summed E-state index contributed by atoms with van der Waals surface area (Å²) in [6, 6.07) is 9.29. The van der Waals surface area contributed by atoms with Crippen LogP contribution in [-0.4, -0.2) is 21.9 Å². The molecule has 2 heterocycles. The first kappa shape index (κ1) is 17.9. The van der Waals surface area contributed by atoms with E-state index in [0.717, 1.165) is 22.5 Å². The molecule has 0 spiro atoms. The molecular formula is C19H19ClN4O2. The van der Waals surface area contributed by atoms with Crippen LogP contribution >= 0.6 is 11.6 Å². The fourth-order valence-electron chi connectivity index (χ4n) is 2.68. The second kappa shape index (κ2) is 7.58. The average molecular weight is 371 g/mol. The van der Waals surface area contributed by atoms with Crippen LogP contribution in [0.15, 0.2) is 46.1 Å². The van der Waals surface area contributed by atoms with Gasteiger partial charge in [-0.25, -0.2) is 5.43 Å². The first-order chi connectivity index (χ1) is 12.5. The maximum absolute atomic E-state index is 12.1. The number of hydrazone groups is 1. The van der Waals surface area contributed by atoms with E-state index in [1.807, 2.05) is 42.8 Å². The number of carbonyl (C=O) groups excluding carboxylic acids is 1. The number of aromatic nitrogens is 2. The van der Waals surface area contributed by atoms with Crippen molar-refractivity contribution in [2.75, 3.05) is 0 Å². The van der Waals surface area contributed by atoms with Crippen molar-refractivity contribution in [1.82, 2.24) is 15.2 Å². The van der Waals surface area contributed by atoms with Crippen LogP contribution in [0.5, 0.6) is 0 Å². The molecule has 3 aromatic rings. The van der Waals surface area contributed by atoms with Crippen LogP contribution in [-0.2, 0) is 6.54 Å². The van der Waals surface area contributed by atoms with Gasteiger partial charge < -0.3 is 4.42 Å². The molecule has 6 nitrogen and oxygen atoms in total. The number of rotatable bonds is 5. The first-order valence-electron chi connectivity index (χ1n) is 8.12. The lowest BCUT2D eigenvalue weighted by Crippen LogP contribution is -2.17. The van der Waals surface area contributed by atoms with E-state index in [4.69, 9.17) is 16.0 Å². The van der Waals surface area contributed by atoms with Gasteiger partial charge >= 0.3 is 0 Å². The largest absolute Gasteiger partial charge is 0.469 e. The molecule has 0 saturated carbocycles. The number of benzene rings is 1. The molecule has 0 atom stereocenters. The topological polar surface area (TPSA) is 72.4 Å². The van der Waals surface area contributed by atoms with Crippen molar-refractivity contribution in [2.24, 2.45) is 5.10 Å². The van der Waals surface area contributed by atoms with Crippen molar-refractivity contribution in [3.05, 3.63) is 75.5 Å². The second-order valence-corrected chi connectivity index (χ2v) is 6.33. The van der Waals surface area contributed by atoms with Crippen LogP contribution in [0.2, 0.25) is 5.02 Å². The third-order valence-corrected chi connectivity index (χ3v) is 4.55. The minimum atomic E-state index is -0.314. The number of halogens is 1. The van der Waals surface area contributed by atoms with Crippen LogP contribution in [0.3, 0.4) is 0 Å². The Morgan fingerprint density at radius 2 is 2.08 bits per heavy atom. The SMILES string of the molecule is Cc1nn(Cc2ccccc2Cl)c(C)c1/C=N\NC(=O)c1ccoc1C. The molecule has 0 fully saturated rings. The molecule has 3 rings (SSSR count). The number of hydrogen-bond acceptors (Lipinski definition) is 4. The van der Waals surface area contributed by atoms with Crippen molar-refractivity contribution < 1.29 is 9.21 Å². The Balaban J connectivity index is 1.75. The zero-order chi connectivity index (χ0) is 18.7. The summed E-state index contributed by atoms with van der Waals surface area (Å²) in [5.74, 6) is 0.240. The van der Waals surface area contributed by atoms with E-state index in [0.29, 0.717) is 22.9 Å². The molecule has 0 aliphatic rings. The molecule has 0 unspecified atom stereocenters. The Bertz CT molecular complexity index is 972. The van der Waals surface area contributed by atoms with Crippen LogP contribution < -0.4 is 5.43 Å². The van der Waals surface area contributed by atoms with Crippen LogP contribution in [0.4, 0.5) is 0 Å². The van der Waals surface area contributed by atoms with Crippen molar-refractivity contribution >= 4 is 23.7 Å². The zero-order valence-corrected chi connectivity index (χ0v) is 15.5. The monoisotopic (exact) mass is 370 g/mol. The van der Waals surface area contributed by atoms with E-state index < -0.39 is 0 Å². The molecule has 7 heteroatoms. The molecule has 1 amide bonds. The van der Waals surface area contributed by atoms with Gasteiger partial charge in [-0.1, -0.05) is 29.8 Å². The molecule has 0 radical (unpaired) electrons. The van der Waals surface area contributed by atoms with E-state index >= 15 is 0 Å². The molecular weight excluding hydrogens is 352 g/mol. The summed E-state index contributed by atoms with van der Waals surface area (Å²) in [5.41, 5.74) is 6.60. The molecule has 0 aliphatic carbocycles. The van der Waals surface area contributed by atoms with E-state index in [2.05, 4.69) is 15.6 Å². The lowest BCUT2D eigenvalue weighted by molar-refractivity contribution is 0.0953. The lowest BCUT2D eigenvalue weighted by atomic mass is 10.2. The van der Waals surface area contributed by atoms with Gasteiger partial charge in [-0.05, 0) is 38.5 Å². The van der Waals surface area contributed by atoms with Crippen LogP contribution in [0, 0.1) is 20.8 Å². The number of amides is 1. The van der Waals surface area contributed by atoms with Crippen molar-refractivity contribution in [2.45, 2.75) is 27.3 Å². The lowest BCUT2D eigenvalue weighted by Gasteiger charge is -2.06. The van der Waals surface area contributed by atoms with Gasteiger partial charge in [0.2, 0.25) is 0 Å². The Labute approximate surface area is 156 Å². The minimum Gasteiger partial charge on any atom is -0.469 e. The maximum atomic E-state index is 12.1. The van der Waals surface area contributed by atoms with Crippen LogP contribution in [0.1, 0.15) is 38.6 Å². The number of carbonyl (C=O) groups is 1. The summed E-state index contributed by atoms with van der Waals surface area (Å²) in [6.45, 7) is 6.16. The van der Waals surface area contributed by atoms with Gasteiger partial charge in [-0.15, -0.1) is 0 Å². The van der Waals surface area contributed by atoms with Gasteiger partial charge in [-0.2, -0.15) is 10.2 Å². The Morgan fingerprint density at radius 3 is 2.77 bits per heavy atom. The van der Waals surface area contributed by atoms with E-state index in [-0.39, 0.29) is 5.91 Å². The van der Waals surface area contributed by atoms with Gasteiger partial charge in [0, 0.05) is 16.3 Å². The van der Waals surface area contributed by atoms with E-state index in [1.54, 1.807) is 19.2 Å². The molecule has 0 aliphatic heterocycles. The number of furan rings is 1. The number of nitrogens with zero attached hydrogens (tertiary/aromatic N) is 3. The summed E-state index contributed by atoms with van der Waals surface area (Å²) in [6.07, 6.45) is 3.08. The minimum absolute atomic E-state index is 0.314. The average Bonchev–Trinajstić information content (AvgIpc) is 3.15. The molecule has 2 aromatic heterocycles. The number of hydrogen-bond donors (Lipinski definition) is 1. The molecule has 26 heavy (non-hydrogen) atoms. The Kier molecular flexibility index (Phi) is 5.23. The van der Waals surface area contributed by atoms with Gasteiger partial charge in [0.25, 0.3) is 5.91 Å². The summed E-state index contributed by atoms with van der Waals surface area (Å²) >= 11 is 6.23. The summed E-state index contributed by atoms with van der Waals surface area (Å²) in [7, 11) is 0. The highest BCUT2D eigenvalue weighted by Gasteiger charge is 2.13. The maximum Gasteiger partial charge on any atom is 0.274 e. The second-order valence-electron chi connectivity index (χ2n) is 5.92. The molecule has 134 valence electrons. The molecule has 1 aromatic carbocycles. The standard InChI is InChI=1S/C19H19ClN4O2/c1-12-17(10-21-22-19(25)16-8-9-26-14(16)3)13(2)24(23-12)11-15-6-4-5-7-18(15)20/h4-10H,11H2,1-3H3,(H,22,25)/b21-10-. The zero-order valence-electron chi connectivity index (χ0n) is 14.8. The first-order valence-corrected chi connectivity index (χ1v) is 8.50. The number of nitrogens with one attached hydrogen (secondary N) is 1. The summed E-state index contributed by atoms with van der Waals surface area (Å²) in [5, 5.41) is 9.31. The van der Waals surface area contributed by atoms with E-state index in [9.17, 15) is 4.79 Å². The summed E-state index contributed by atoms with van der Waals surface area (Å²) in [4.78, 5) is 12.1. The van der Waals surface area contributed by atoms with Crippen molar-refractivity contribution in [3.63, 3.8) is 0 Å². The molecule has 0 saturated heterocycles. The summed E-state index contributed by atoms with van der Waals surface area (Å²) < 4.78 is 7.00. The third-order valence-electron chi connectivity index (χ3n) is 4.18. The molecule has 0 bridgehead atoms. The highest BCUT2D eigenvalue weighted by Crippen LogP contribution is 2.18. The fraction of sp³-hybridized carbons (Fsp3) is 0.211. The van der Waals surface area contributed by atoms with Gasteiger partial charge in [0.15, 0.2) is 0 Å².